The lowest BCUT2D eigenvalue weighted by Crippen LogP contribution is -2.61. The van der Waals surface area contributed by atoms with Crippen molar-refractivity contribution in [2.24, 2.45) is 0 Å². The van der Waals surface area contributed by atoms with Crippen molar-refractivity contribution in [2.75, 3.05) is 9.80 Å². The maximum atomic E-state index is 8.87. The van der Waals surface area contributed by atoms with Crippen molar-refractivity contribution in [3.63, 3.8) is 0 Å². The molecule has 0 saturated carbocycles. The molecule has 0 amide bonds. The Bertz CT molecular complexity index is 3470. The highest BCUT2D eigenvalue weighted by Crippen LogP contribution is 2.46. The van der Waals surface area contributed by atoms with E-state index in [4.69, 9.17) is 1.37 Å². The molecule has 2 aliphatic rings. The van der Waals surface area contributed by atoms with Gasteiger partial charge in [0.25, 0.3) is 6.71 Å². The summed E-state index contributed by atoms with van der Waals surface area (Å²) in [6.45, 7) is -0.0626. The first-order valence-electron chi connectivity index (χ1n) is 20.8. The summed E-state index contributed by atoms with van der Waals surface area (Å²) in [6.07, 6.45) is 0. The fourth-order valence-corrected chi connectivity index (χ4v) is 10.2. The van der Waals surface area contributed by atoms with Gasteiger partial charge >= 0.3 is 0 Å². The Labute approximate surface area is 343 Å². The molecule has 0 aliphatic carbocycles. The van der Waals surface area contributed by atoms with E-state index in [0.717, 1.165) is 62.0 Å². The minimum Gasteiger partial charge on any atom is -0.311 e. The summed E-state index contributed by atoms with van der Waals surface area (Å²) in [5, 5.41) is 4.92. The Balaban J connectivity index is 1.13. The highest BCUT2D eigenvalue weighted by molar-refractivity contribution is 7.00. The van der Waals surface area contributed by atoms with Crippen LogP contribution in [-0.2, 0) is 0 Å². The van der Waals surface area contributed by atoms with Gasteiger partial charge in [0, 0.05) is 61.4 Å². The van der Waals surface area contributed by atoms with Gasteiger partial charge in [-0.25, -0.2) is 0 Å². The smallest absolute Gasteiger partial charge is 0.252 e. The molecular formula is C54H35BN4. The van der Waals surface area contributed by atoms with Gasteiger partial charge in [0.15, 0.2) is 0 Å². The van der Waals surface area contributed by atoms with E-state index >= 15 is 0 Å². The highest BCUT2D eigenvalue weighted by Gasteiger charge is 2.43. The molecular weight excluding hydrogens is 715 g/mol. The van der Waals surface area contributed by atoms with Crippen LogP contribution >= 0.6 is 0 Å². The normalized spacial score (nSPS) is 13.2. The van der Waals surface area contributed by atoms with Crippen LogP contribution in [0.5, 0.6) is 0 Å². The predicted molar refractivity (Wildman–Crippen MR) is 249 cm³/mol. The van der Waals surface area contributed by atoms with Crippen LogP contribution in [0.25, 0.3) is 55.0 Å². The SMILES string of the molecule is [2H]c1ccc2c(c1)B1c3ccccc3N(c3ccccc3)c3cc(-n4c5ccccc5c5cc(-n6c7ccccc7c7ccccc76)ccc54)cc(c31)N2c1ccccc1. The van der Waals surface area contributed by atoms with E-state index in [-0.39, 0.29) is 6.71 Å². The molecule has 274 valence electrons. The summed E-state index contributed by atoms with van der Waals surface area (Å²) in [5.74, 6) is 0. The van der Waals surface area contributed by atoms with Gasteiger partial charge in [0.05, 0.1) is 29.1 Å². The first-order valence-corrected chi connectivity index (χ1v) is 20.3. The highest BCUT2D eigenvalue weighted by atomic mass is 15.2. The lowest BCUT2D eigenvalue weighted by molar-refractivity contribution is 1.15. The fourth-order valence-electron chi connectivity index (χ4n) is 10.2. The predicted octanol–water partition coefficient (Wildman–Crippen LogP) is 12.0. The molecule has 4 heterocycles. The fraction of sp³-hybridized carbons (Fsp3) is 0. The van der Waals surface area contributed by atoms with E-state index in [1.54, 1.807) is 0 Å². The quantitative estimate of drug-likeness (QED) is 0.167. The summed E-state index contributed by atoms with van der Waals surface area (Å²) in [4.78, 5) is 4.86. The molecule has 0 spiro atoms. The number of anilines is 6. The van der Waals surface area contributed by atoms with Crippen LogP contribution in [0.2, 0.25) is 0 Å². The summed E-state index contributed by atoms with van der Waals surface area (Å²) in [5.41, 5.74) is 17.2. The third-order valence-electron chi connectivity index (χ3n) is 12.6. The zero-order valence-electron chi connectivity index (χ0n) is 33.0. The minimum atomic E-state index is -0.0626. The van der Waals surface area contributed by atoms with Crippen molar-refractivity contribution in [1.29, 1.82) is 0 Å². The molecule has 0 bridgehead atoms. The lowest BCUT2D eigenvalue weighted by atomic mass is 9.33. The molecule has 0 saturated heterocycles. The Morgan fingerprint density at radius 2 is 0.780 bits per heavy atom. The molecule has 59 heavy (non-hydrogen) atoms. The monoisotopic (exact) mass is 751 g/mol. The molecule has 2 aliphatic heterocycles. The molecule has 2 aromatic heterocycles. The maximum absolute atomic E-state index is 8.87. The van der Waals surface area contributed by atoms with Crippen LogP contribution in [0.3, 0.4) is 0 Å². The van der Waals surface area contributed by atoms with Crippen molar-refractivity contribution in [1.82, 2.24) is 9.13 Å². The van der Waals surface area contributed by atoms with Gasteiger partial charge < -0.3 is 18.9 Å². The van der Waals surface area contributed by atoms with E-state index in [2.05, 4.69) is 219 Å². The standard InChI is InChI=1S/C54H35BN4/c1-3-17-36(18-4-1)56-50-29-15-10-24-44(50)55-45-25-11-16-30-51(45)57(37-19-5-2-6-20-37)53-35-39(34-52(56)54(53)55)59-48-28-14-9-23-42(48)43-33-38(31-32-49(43)59)58-46-26-12-7-21-40(46)41-22-8-13-27-47(41)58/h1-35H/i10D. The largest absolute Gasteiger partial charge is 0.311 e. The number of rotatable bonds is 4. The summed E-state index contributed by atoms with van der Waals surface area (Å²) in [7, 11) is 0. The maximum Gasteiger partial charge on any atom is 0.252 e. The molecule has 0 unspecified atom stereocenters. The van der Waals surface area contributed by atoms with Crippen molar-refractivity contribution >= 4 is 101 Å². The van der Waals surface area contributed by atoms with E-state index < -0.39 is 0 Å². The van der Waals surface area contributed by atoms with Gasteiger partial charge in [-0.2, -0.15) is 0 Å². The third-order valence-corrected chi connectivity index (χ3v) is 12.6. The lowest BCUT2D eigenvalue weighted by Gasteiger charge is -2.44. The van der Waals surface area contributed by atoms with E-state index in [1.807, 2.05) is 6.07 Å². The first-order chi connectivity index (χ1) is 29.7. The summed E-state index contributed by atoms with van der Waals surface area (Å²) in [6, 6.07) is 75.0. The zero-order valence-corrected chi connectivity index (χ0v) is 32.0. The Kier molecular flexibility index (Phi) is 6.57. The van der Waals surface area contributed by atoms with Crippen LogP contribution < -0.4 is 26.2 Å². The van der Waals surface area contributed by atoms with Gasteiger partial charge in [-0.3, -0.25) is 0 Å². The van der Waals surface area contributed by atoms with Crippen LogP contribution in [0, 0.1) is 0 Å². The van der Waals surface area contributed by atoms with Crippen molar-refractivity contribution in [3.05, 3.63) is 212 Å². The van der Waals surface area contributed by atoms with Crippen molar-refractivity contribution < 1.29 is 1.37 Å². The number of fused-ring (bicyclic) bond motifs is 10. The van der Waals surface area contributed by atoms with Gasteiger partial charge in [-0.15, -0.1) is 0 Å². The second-order valence-corrected chi connectivity index (χ2v) is 15.6. The first kappa shape index (κ1) is 31.3. The molecule has 4 nitrogen and oxygen atoms in total. The number of aromatic nitrogens is 2. The molecule has 5 heteroatoms. The Hall–Kier alpha value is -7.76. The number of nitrogens with zero attached hydrogens (tertiary/aromatic N) is 4. The van der Waals surface area contributed by atoms with Crippen LogP contribution in [0.15, 0.2) is 212 Å². The number of benzene rings is 9. The van der Waals surface area contributed by atoms with Crippen LogP contribution in [-0.4, -0.2) is 15.8 Å². The van der Waals surface area contributed by atoms with Crippen LogP contribution in [0.4, 0.5) is 34.1 Å². The van der Waals surface area contributed by atoms with Gasteiger partial charge in [0.2, 0.25) is 0 Å². The average molecular weight is 752 g/mol. The second kappa shape index (κ2) is 12.4. The molecule has 0 radical (unpaired) electrons. The molecule has 0 N–H and O–H groups in total. The topological polar surface area (TPSA) is 16.3 Å². The van der Waals surface area contributed by atoms with Gasteiger partial charge in [-0.05, 0) is 101 Å². The van der Waals surface area contributed by atoms with Crippen molar-refractivity contribution in [3.8, 4) is 11.4 Å². The minimum absolute atomic E-state index is 0.0626. The zero-order chi connectivity index (χ0) is 39.5. The Morgan fingerprint density at radius 1 is 0.322 bits per heavy atom. The number of hydrogen-bond donors (Lipinski definition) is 0. The van der Waals surface area contributed by atoms with Gasteiger partial charge in [0.1, 0.15) is 0 Å². The van der Waals surface area contributed by atoms with Gasteiger partial charge in [-0.1, -0.05) is 127 Å². The third kappa shape index (κ3) is 4.55. The van der Waals surface area contributed by atoms with Crippen molar-refractivity contribution in [2.45, 2.75) is 0 Å². The number of para-hydroxylation sites is 7. The molecule has 0 atom stereocenters. The summed E-state index contributed by atoms with van der Waals surface area (Å²) >= 11 is 0. The molecule has 11 aromatic rings. The molecule has 0 fully saturated rings. The Morgan fingerprint density at radius 3 is 1.39 bits per heavy atom. The average Bonchev–Trinajstić information content (AvgIpc) is 3.82. The van der Waals surface area contributed by atoms with Crippen LogP contribution in [0.1, 0.15) is 1.37 Å². The number of hydrogen-bond acceptors (Lipinski definition) is 2. The van der Waals surface area contributed by atoms with E-state index in [0.29, 0.717) is 6.04 Å². The molecule has 13 rings (SSSR count). The molecule has 9 aromatic carbocycles. The summed E-state index contributed by atoms with van der Waals surface area (Å²) < 4.78 is 13.7. The second-order valence-electron chi connectivity index (χ2n) is 15.6. The van der Waals surface area contributed by atoms with E-state index in [9.17, 15) is 0 Å². The van der Waals surface area contributed by atoms with E-state index in [1.165, 1.54) is 43.5 Å².